The molecule has 0 bridgehead atoms. The number of carbonyl (C=O) groups excluding carboxylic acids is 1. The summed E-state index contributed by atoms with van der Waals surface area (Å²) in [4.78, 5) is 13.6. The van der Waals surface area contributed by atoms with E-state index in [1.165, 1.54) is 19.3 Å². The number of amides is 1. The predicted molar refractivity (Wildman–Crippen MR) is 60.0 cm³/mol. The molecule has 1 aliphatic carbocycles. The molecule has 1 atom stereocenters. The fraction of sp³-hybridized carbons (Fsp3) is 0.750. The van der Waals surface area contributed by atoms with Crippen LogP contribution in [0.15, 0.2) is 0 Å². The average molecular weight is 220 g/mol. The van der Waals surface area contributed by atoms with Gasteiger partial charge in [-0.25, -0.2) is 0 Å². The van der Waals surface area contributed by atoms with Gasteiger partial charge in [0.15, 0.2) is 0 Å². The molecular weight excluding hydrogens is 202 g/mol. The van der Waals surface area contributed by atoms with Crippen LogP contribution >= 0.6 is 0 Å². The summed E-state index contributed by atoms with van der Waals surface area (Å²) in [6.45, 7) is 0.821. The smallest absolute Gasteiger partial charge is 0.236 e. The van der Waals surface area contributed by atoms with Crippen molar-refractivity contribution in [2.75, 3.05) is 6.54 Å². The lowest BCUT2D eigenvalue weighted by Gasteiger charge is -2.34. The third-order valence-corrected chi connectivity index (χ3v) is 3.76. The molecule has 0 aromatic heterocycles. The molecule has 1 amide bonds. The van der Waals surface area contributed by atoms with Crippen molar-refractivity contribution in [3.63, 3.8) is 0 Å². The van der Waals surface area contributed by atoms with Crippen LogP contribution in [0.3, 0.4) is 0 Å². The second-order valence-corrected chi connectivity index (χ2v) is 4.72. The monoisotopic (exact) mass is 220 g/mol. The fourth-order valence-electron chi connectivity index (χ4n) is 2.97. The van der Waals surface area contributed by atoms with Gasteiger partial charge in [-0.3, -0.25) is 9.69 Å². The molecule has 2 rings (SSSR count). The predicted octanol–water partition coefficient (Wildman–Crippen LogP) is 0.977. The van der Waals surface area contributed by atoms with Crippen LogP contribution in [0.4, 0.5) is 0 Å². The van der Waals surface area contributed by atoms with Gasteiger partial charge in [-0.15, -0.1) is 0 Å². The van der Waals surface area contributed by atoms with Crippen LogP contribution in [-0.4, -0.2) is 29.4 Å². The summed E-state index contributed by atoms with van der Waals surface area (Å²) >= 11 is 0. The summed E-state index contributed by atoms with van der Waals surface area (Å²) in [6.07, 6.45) is 6.75. The number of rotatable bonds is 2. The topological polar surface area (TPSA) is 70.1 Å². The second kappa shape index (κ2) is 4.84. The van der Waals surface area contributed by atoms with Crippen LogP contribution in [0.5, 0.6) is 0 Å². The zero-order valence-electron chi connectivity index (χ0n) is 9.48. The van der Waals surface area contributed by atoms with E-state index in [-0.39, 0.29) is 5.91 Å². The molecular formula is C12H18N3O. The first-order valence-electron chi connectivity index (χ1n) is 6.05. The maximum Gasteiger partial charge on any atom is 0.236 e. The van der Waals surface area contributed by atoms with Gasteiger partial charge in [0, 0.05) is 12.6 Å². The highest BCUT2D eigenvalue weighted by Crippen LogP contribution is 2.32. The van der Waals surface area contributed by atoms with Gasteiger partial charge in [-0.1, -0.05) is 19.3 Å². The van der Waals surface area contributed by atoms with Crippen LogP contribution < -0.4 is 5.73 Å². The van der Waals surface area contributed by atoms with Gasteiger partial charge in [0.25, 0.3) is 0 Å². The first kappa shape index (κ1) is 11.4. The molecule has 1 saturated carbocycles. The van der Waals surface area contributed by atoms with Gasteiger partial charge < -0.3 is 5.73 Å². The molecule has 0 spiro atoms. The van der Waals surface area contributed by atoms with E-state index in [9.17, 15) is 4.79 Å². The Kier molecular flexibility index (Phi) is 3.45. The molecule has 1 unspecified atom stereocenters. The van der Waals surface area contributed by atoms with Crippen molar-refractivity contribution in [3.05, 3.63) is 5.92 Å². The molecule has 2 N–H and O–H groups in total. The molecule has 1 heterocycles. The van der Waals surface area contributed by atoms with E-state index in [1.54, 1.807) is 0 Å². The number of carbonyl (C=O) groups is 1. The van der Waals surface area contributed by atoms with Gasteiger partial charge in [-0.2, -0.15) is 5.26 Å². The molecule has 16 heavy (non-hydrogen) atoms. The quantitative estimate of drug-likeness (QED) is 0.754. The van der Waals surface area contributed by atoms with Gasteiger partial charge in [-0.05, 0) is 19.3 Å². The van der Waals surface area contributed by atoms with Crippen LogP contribution in [0.2, 0.25) is 0 Å². The van der Waals surface area contributed by atoms with E-state index in [0.29, 0.717) is 18.4 Å². The number of primary amides is 1. The molecule has 1 radical (unpaired) electrons. The number of nitriles is 1. The van der Waals surface area contributed by atoms with Crippen molar-refractivity contribution >= 4 is 5.91 Å². The summed E-state index contributed by atoms with van der Waals surface area (Å²) in [5.74, 6) is 0.290. The Balaban J connectivity index is 2.08. The number of nitrogens with zero attached hydrogens (tertiary/aromatic N) is 2. The minimum Gasteiger partial charge on any atom is -0.368 e. The first-order valence-corrected chi connectivity index (χ1v) is 6.05. The van der Waals surface area contributed by atoms with Crippen molar-refractivity contribution in [3.8, 4) is 6.07 Å². The lowest BCUT2D eigenvalue weighted by Crippen LogP contribution is -2.48. The molecule has 1 aliphatic heterocycles. The van der Waals surface area contributed by atoms with Crippen molar-refractivity contribution in [1.82, 2.24) is 4.90 Å². The Labute approximate surface area is 96.4 Å². The first-order chi connectivity index (χ1) is 7.74. The second-order valence-electron chi connectivity index (χ2n) is 4.72. The minimum atomic E-state index is -0.423. The Morgan fingerprint density at radius 1 is 1.38 bits per heavy atom. The van der Waals surface area contributed by atoms with Crippen LogP contribution in [0.1, 0.15) is 38.5 Å². The summed E-state index contributed by atoms with van der Waals surface area (Å²) in [7, 11) is 0. The van der Waals surface area contributed by atoms with Crippen molar-refractivity contribution in [1.29, 1.82) is 5.26 Å². The highest BCUT2D eigenvalue weighted by molar-refractivity contribution is 5.84. The third-order valence-electron chi connectivity index (χ3n) is 3.76. The van der Waals surface area contributed by atoms with E-state index in [4.69, 9.17) is 11.0 Å². The molecule has 4 nitrogen and oxygen atoms in total. The third kappa shape index (κ3) is 2.05. The standard InChI is InChI=1S/C12H18N3O/c13-8-9-6-7-15(11(9)12(14)16)10-4-2-1-3-5-10/h10-11H,1-7H2,(H2,14,16). The van der Waals surface area contributed by atoms with E-state index in [0.717, 1.165) is 19.4 Å². The molecule has 1 saturated heterocycles. The van der Waals surface area contributed by atoms with Gasteiger partial charge >= 0.3 is 0 Å². The van der Waals surface area contributed by atoms with Gasteiger partial charge in [0.05, 0.1) is 6.07 Å². The highest BCUT2D eigenvalue weighted by atomic mass is 16.1. The Morgan fingerprint density at radius 3 is 2.62 bits per heavy atom. The highest BCUT2D eigenvalue weighted by Gasteiger charge is 2.42. The lowest BCUT2D eigenvalue weighted by molar-refractivity contribution is -0.122. The van der Waals surface area contributed by atoms with Crippen LogP contribution in [-0.2, 0) is 4.79 Å². The maximum absolute atomic E-state index is 11.4. The zero-order valence-corrected chi connectivity index (χ0v) is 9.48. The molecule has 2 aliphatic rings. The van der Waals surface area contributed by atoms with Gasteiger partial charge in [0.2, 0.25) is 5.91 Å². The zero-order chi connectivity index (χ0) is 11.5. The Hall–Kier alpha value is -1.08. The molecule has 4 heteroatoms. The Bertz CT molecular complexity index is 304. The minimum absolute atomic E-state index is 0.361. The largest absolute Gasteiger partial charge is 0.368 e. The molecule has 2 fully saturated rings. The number of hydrogen-bond donors (Lipinski definition) is 1. The summed E-state index contributed by atoms with van der Waals surface area (Å²) < 4.78 is 0. The van der Waals surface area contributed by atoms with E-state index in [1.807, 2.05) is 0 Å². The van der Waals surface area contributed by atoms with Gasteiger partial charge in [0.1, 0.15) is 12.0 Å². The average Bonchev–Trinajstić information content (AvgIpc) is 2.73. The van der Waals surface area contributed by atoms with E-state index >= 15 is 0 Å². The number of hydrogen-bond acceptors (Lipinski definition) is 3. The van der Waals surface area contributed by atoms with Crippen LogP contribution in [0.25, 0.3) is 0 Å². The Morgan fingerprint density at radius 2 is 2.06 bits per heavy atom. The van der Waals surface area contributed by atoms with Crippen molar-refractivity contribution in [2.24, 2.45) is 5.73 Å². The van der Waals surface area contributed by atoms with E-state index < -0.39 is 6.04 Å². The number of likely N-dealkylation sites (tertiary alicyclic amines) is 1. The lowest BCUT2D eigenvalue weighted by atomic mass is 9.93. The summed E-state index contributed by atoms with van der Waals surface area (Å²) in [5.41, 5.74) is 5.41. The van der Waals surface area contributed by atoms with Crippen molar-refractivity contribution < 1.29 is 4.79 Å². The van der Waals surface area contributed by atoms with Crippen molar-refractivity contribution in [2.45, 2.75) is 50.6 Å². The van der Waals surface area contributed by atoms with Crippen LogP contribution in [0, 0.1) is 17.2 Å². The fourth-order valence-corrected chi connectivity index (χ4v) is 2.97. The molecule has 0 aromatic carbocycles. The molecule has 87 valence electrons. The maximum atomic E-state index is 11.4. The summed E-state index contributed by atoms with van der Waals surface area (Å²) in [5, 5.41) is 8.98. The SMILES string of the molecule is N#C[C]1CCN(C2CCCCC2)C1C(N)=O. The normalized spacial score (nSPS) is 29.1. The summed E-state index contributed by atoms with van der Waals surface area (Å²) in [6, 6.07) is 2.17. The molecule has 0 aromatic rings. The van der Waals surface area contributed by atoms with E-state index in [2.05, 4.69) is 11.0 Å². The number of nitrogens with two attached hydrogens (primary N) is 1.